The Hall–Kier alpha value is -1.43. The zero-order valence-electron chi connectivity index (χ0n) is 13.2. The molecular weight excluding hydrogens is 390 g/mol. The molecule has 0 unspecified atom stereocenters. The molecule has 0 aliphatic carbocycles. The van der Waals surface area contributed by atoms with Gasteiger partial charge in [-0.25, -0.2) is 0 Å². The van der Waals surface area contributed by atoms with Crippen molar-refractivity contribution in [1.29, 1.82) is 0 Å². The highest BCUT2D eigenvalue weighted by Gasteiger charge is 2.25. The molecule has 1 aliphatic rings. The molecule has 0 spiro atoms. The van der Waals surface area contributed by atoms with E-state index in [1.807, 2.05) is 24.3 Å². The van der Waals surface area contributed by atoms with Crippen LogP contribution >= 0.6 is 27.5 Å². The predicted molar refractivity (Wildman–Crippen MR) is 99.3 cm³/mol. The van der Waals surface area contributed by atoms with Gasteiger partial charge in [-0.1, -0.05) is 29.8 Å². The number of aromatic nitrogens is 1. The number of nitrogens with one attached hydrogen (secondary N) is 1. The minimum atomic E-state index is -0.125. The summed E-state index contributed by atoms with van der Waals surface area (Å²) in [6.45, 7) is 2.59. The van der Waals surface area contributed by atoms with Crippen molar-refractivity contribution in [2.75, 3.05) is 19.6 Å². The molecule has 1 saturated heterocycles. The highest BCUT2D eigenvalue weighted by atomic mass is 79.9. The van der Waals surface area contributed by atoms with Crippen LogP contribution < -0.4 is 5.32 Å². The van der Waals surface area contributed by atoms with E-state index in [1.54, 1.807) is 18.5 Å². The maximum atomic E-state index is 12.4. The fraction of sp³-hybridized carbons (Fsp3) is 0.333. The maximum Gasteiger partial charge on any atom is 0.252 e. The molecule has 1 aromatic heterocycles. The molecule has 1 aromatic carbocycles. The van der Waals surface area contributed by atoms with Crippen LogP contribution in [0.1, 0.15) is 34.8 Å². The highest BCUT2D eigenvalue weighted by Crippen LogP contribution is 2.29. The molecule has 0 radical (unpaired) electrons. The molecule has 2 heterocycles. The van der Waals surface area contributed by atoms with Gasteiger partial charge >= 0.3 is 0 Å². The number of carbonyl (C=O) groups excluding carboxylic acids is 1. The quantitative estimate of drug-likeness (QED) is 0.811. The minimum absolute atomic E-state index is 0.0882. The molecule has 1 fully saturated rings. The Bertz CT molecular complexity index is 719. The maximum absolute atomic E-state index is 12.4. The first-order valence-electron chi connectivity index (χ1n) is 8.02. The van der Waals surface area contributed by atoms with E-state index >= 15 is 0 Å². The largest absolute Gasteiger partial charge is 0.350 e. The number of pyridine rings is 1. The van der Waals surface area contributed by atoms with Crippen molar-refractivity contribution in [3.05, 3.63) is 63.3 Å². The van der Waals surface area contributed by atoms with Gasteiger partial charge in [0.2, 0.25) is 0 Å². The van der Waals surface area contributed by atoms with Gasteiger partial charge in [-0.15, -0.1) is 0 Å². The highest BCUT2D eigenvalue weighted by molar-refractivity contribution is 9.10. The van der Waals surface area contributed by atoms with Crippen molar-refractivity contribution < 1.29 is 4.79 Å². The second-order valence-corrected chi connectivity index (χ2v) is 7.21. The number of benzene rings is 1. The van der Waals surface area contributed by atoms with Crippen LogP contribution in [-0.2, 0) is 0 Å². The summed E-state index contributed by atoms with van der Waals surface area (Å²) in [5.74, 6) is -0.125. The molecule has 6 heteroatoms. The lowest BCUT2D eigenvalue weighted by Gasteiger charge is -2.29. The average molecular weight is 409 g/mol. The van der Waals surface area contributed by atoms with Crippen LogP contribution in [0.2, 0.25) is 5.02 Å². The van der Waals surface area contributed by atoms with Gasteiger partial charge in [0.1, 0.15) is 0 Å². The van der Waals surface area contributed by atoms with Crippen LogP contribution in [0.15, 0.2) is 47.2 Å². The van der Waals surface area contributed by atoms with Gasteiger partial charge < -0.3 is 5.32 Å². The molecule has 1 N–H and O–H groups in total. The van der Waals surface area contributed by atoms with Gasteiger partial charge in [-0.2, -0.15) is 0 Å². The van der Waals surface area contributed by atoms with Gasteiger partial charge in [0, 0.05) is 28.4 Å². The lowest BCUT2D eigenvalue weighted by molar-refractivity contribution is 0.0937. The van der Waals surface area contributed by atoms with E-state index in [0.717, 1.165) is 28.1 Å². The normalized spacial score (nSPS) is 16.1. The van der Waals surface area contributed by atoms with Crippen molar-refractivity contribution >= 4 is 33.4 Å². The van der Waals surface area contributed by atoms with Crippen LogP contribution in [0.4, 0.5) is 0 Å². The summed E-state index contributed by atoms with van der Waals surface area (Å²) in [4.78, 5) is 18.8. The van der Waals surface area contributed by atoms with E-state index in [4.69, 9.17) is 11.6 Å². The zero-order valence-corrected chi connectivity index (χ0v) is 15.6. The summed E-state index contributed by atoms with van der Waals surface area (Å²) in [5.41, 5.74) is 1.61. The van der Waals surface area contributed by atoms with Crippen molar-refractivity contribution in [3.8, 4) is 0 Å². The number of nitrogens with zero attached hydrogens (tertiary/aromatic N) is 2. The number of likely N-dealkylation sites (tertiary alicyclic amines) is 1. The number of halogens is 2. The topological polar surface area (TPSA) is 45.2 Å². The standard InChI is InChI=1S/C18H19BrClN3O/c19-14-9-13(10-21-11-14)18(24)22-12-17(23-7-3-4-8-23)15-5-1-2-6-16(15)20/h1-2,5-6,9-11,17H,3-4,7-8,12H2,(H,22,24)/t17-/m0/s1. The van der Waals surface area contributed by atoms with Crippen LogP contribution in [-0.4, -0.2) is 35.4 Å². The lowest BCUT2D eigenvalue weighted by Crippen LogP contribution is -2.37. The second-order valence-electron chi connectivity index (χ2n) is 5.88. The van der Waals surface area contributed by atoms with Gasteiger partial charge in [-0.05, 0) is 59.6 Å². The van der Waals surface area contributed by atoms with E-state index in [-0.39, 0.29) is 11.9 Å². The first-order chi connectivity index (χ1) is 11.6. The lowest BCUT2D eigenvalue weighted by atomic mass is 10.1. The monoisotopic (exact) mass is 407 g/mol. The second kappa shape index (κ2) is 8.10. The SMILES string of the molecule is O=C(NC[C@@H](c1ccccc1Cl)N1CCCC1)c1cncc(Br)c1. The predicted octanol–water partition coefficient (Wildman–Crippen LogP) is 4.06. The number of hydrogen-bond acceptors (Lipinski definition) is 3. The number of amides is 1. The number of rotatable bonds is 5. The summed E-state index contributed by atoms with van der Waals surface area (Å²) >= 11 is 9.74. The Morgan fingerprint density at radius 1 is 1.29 bits per heavy atom. The van der Waals surface area contributed by atoms with Crippen molar-refractivity contribution in [1.82, 2.24) is 15.2 Å². The molecule has 1 atom stereocenters. The Morgan fingerprint density at radius 3 is 2.75 bits per heavy atom. The Kier molecular flexibility index (Phi) is 5.87. The fourth-order valence-electron chi connectivity index (χ4n) is 3.06. The molecule has 0 bridgehead atoms. The average Bonchev–Trinajstić information content (AvgIpc) is 3.11. The minimum Gasteiger partial charge on any atom is -0.350 e. The van der Waals surface area contributed by atoms with Crippen molar-refractivity contribution in [3.63, 3.8) is 0 Å². The van der Waals surface area contributed by atoms with Gasteiger partial charge in [0.05, 0.1) is 11.6 Å². The molecule has 3 rings (SSSR count). The van der Waals surface area contributed by atoms with Gasteiger partial charge in [0.25, 0.3) is 5.91 Å². The molecule has 2 aromatic rings. The molecule has 126 valence electrons. The molecule has 4 nitrogen and oxygen atoms in total. The third kappa shape index (κ3) is 4.15. The molecule has 1 aliphatic heterocycles. The third-order valence-electron chi connectivity index (χ3n) is 4.27. The molecular formula is C18H19BrClN3O. The number of hydrogen-bond donors (Lipinski definition) is 1. The third-order valence-corrected chi connectivity index (χ3v) is 5.05. The van der Waals surface area contributed by atoms with Crippen LogP contribution in [0.25, 0.3) is 0 Å². The van der Waals surface area contributed by atoms with Crippen LogP contribution in [0, 0.1) is 0 Å². The summed E-state index contributed by atoms with van der Waals surface area (Å²) < 4.78 is 0.789. The first kappa shape index (κ1) is 17.4. The summed E-state index contributed by atoms with van der Waals surface area (Å²) in [6, 6.07) is 9.72. The van der Waals surface area contributed by atoms with Crippen molar-refractivity contribution in [2.45, 2.75) is 18.9 Å². The van der Waals surface area contributed by atoms with E-state index in [2.05, 4.69) is 31.1 Å². The van der Waals surface area contributed by atoms with E-state index < -0.39 is 0 Å². The number of carbonyl (C=O) groups is 1. The van der Waals surface area contributed by atoms with E-state index in [1.165, 1.54) is 12.8 Å². The van der Waals surface area contributed by atoms with E-state index in [0.29, 0.717) is 12.1 Å². The van der Waals surface area contributed by atoms with Gasteiger partial charge in [-0.3, -0.25) is 14.7 Å². The Labute approximate surface area is 155 Å². The fourth-order valence-corrected chi connectivity index (χ4v) is 3.69. The Balaban J connectivity index is 1.75. The van der Waals surface area contributed by atoms with Crippen molar-refractivity contribution in [2.24, 2.45) is 0 Å². The van der Waals surface area contributed by atoms with Gasteiger partial charge in [0.15, 0.2) is 0 Å². The summed E-state index contributed by atoms with van der Waals surface area (Å²) in [6.07, 6.45) is 5.60. The smallest absolute Gasteiger partial charge is 0.252 e. The summed E-state index contributed by atoms with van der Waals surface area (Å²) in [5, 5.41) is 3.77. The van der Waals surface area contributed by atoms with Crippen LogP contribution in [0.3, 0.4) is 0 Å². The van der Waals surface area contributed by atoms with E-state index in [9.17, 15) is 4.79 Å². The molecule has 0 saturated carbocycles. The molecule has 1 amide bonds. The Morgan fingerprint density at radius 2 is 2.04 bits per heavy atom. The first-order valence-corrected chi connectivity index (χ1v) is 9.19. The molecule has 24 heavy (non-hydrogen) atoms. The summed E-state index contributed by atoms with van der Waals surface area (Å²) in [7, 11) is 0. The zero-order chi connectivity index (χ0) is 16.9. The van der Waals surface area contributed by atoms with Crippen LogP contribution in [0.5, 0.6) is 0 Å².